The van der Waals surface area contributed by atoms with E-state index in [1.165, 1.54) is 11.3 Å². The van der Waals surface area contributed by atoms with Gasteiger partial charge in [0.15, 0.2) is 22.5 Å². The minimum Gasteiger partial charge on any atom is -0.370 e. The van der Waals surface area contributed by atoms with Gasteiger partial charge in [0.1, 0.15) is 11.6 Å². The first-order chi connectivity index (χ1) is 17.3. The molecule has 0 saturated carbocycles. The Morgan fingerprint density at radius 1 is 1.22 bits per heavy atom. The number of hydrogen-bond acceptors (Lipinski definition) is 8. The first-order valence-electron chi connectivity index (χ1n) is 12.2. The molecule has 10 nitrogen and oxygen atoms in total. The molecular weight excluding hydrogens is 478 g/mol. The van der Waals surface area contributed by atoms with Gasteiger partial charge in [0.25, 0.3) is 5.91 Å². The van der Waals surface area contributed by atoms with Gasteiger partial charge in [0.2, 0.25) is 0 Å². The fraction of sp³-hybridized carbons (Fsp3) is 0.480. The van der Waals surface area contributed by atoms with Crippen molar-refractivity contribution in [2.24, 2.45) is 28.1 Å². The number of aliphatic imine (C=N–C) groups is 1. The molecule has 0 bridgehead atoms. The Morgan fingerprint density at radius 2 is 2.00 bits per heavy atom. The number of fused-ring (bicyclic) bond motifs is 1. The van der Waals surface area contributed by atoms with E-state index in [0.717, 1.165) is 5.56 Å². The van der Waals surface area contributed by atoms with Crippen LogP contribution in [0.5, 0.6) is 0 Å². The second-order valence-electron chi connectivity index (χ2n) is 9.49. The molecule has 0 spiro atoms. The Hall–Kier alpha value is -3.15. The molecule has 2 aliphatic heterocycles. The Bertz CT molecular complexity index is 1100. The molecule has 6 N–H and O–H groups in total. The van der Waals surface area contributed by atoms with Gasteiger partial charge in [-0.25, -0.2) is 9.99 Å². The fourth-order valence-corrected chi connectivity index (χ4v) is 5.70. The van der Waals surface area contributed by atoms with Crippen molar-refractivity contribution >= 4 is 34.8 Å². The van der Waals surface area contributed by atoms with E-state index in [9.17, 15) is 14.4 Å². The number of carbonyl (C=O) groups excluding carboxylic acids is 3. The smallest absolute Gasteiger partial charge is 0.258 e. The number of amides is 1. The molecule has 3 heterocycles. The Kier molecular flexibility index (Phi) is 8.12. The highest BCUT2D eigenvalue weighted by Gasteiger charge is 2.50. The normalized spacial score (nSPS) is 22.8. The topological polar surface area (TPSA) is 161 Å². The zero-order chi connectivity index (χ0) is 25.7. The Morgan fingerprint density at radius 3 is 2.69 bits per heavy atom. The average Bonchev–Trinajstić information content (AvgIpc) is 3.54. The van der Waals surface area contributed by atoms with Gasteiger partial charge in [-0.15, -0.1) is 11.3 Å². The van der Waals surface area contributed by atoms with Crippen molar-refractivity contribution < 1.29 is 14.4 Å². The highest BCUT2D eigenvalue weighted by molar-refractivity contribution is 7.11. The molecule has 1 amide bonds. The summed E-state index contributed by atoms with van der Waals surface area (Å²) in [4.78, 5) is 48.4. The lowest BCUT2D eigenvalue weighted by Gasteiger charge is -2.44. The lowest BCUT2D eigenvalue weighted by atomic mass is 9.85. The fourth-order valence-electron chi connectivity index (χ4n) is 5.04. The summed E-state index contributed by atoms with van der Waals surface area (Å²) in [5, 5.41) is 5.61. The monoisotopic (exact) mass is 511 g/mol. The van der Waals surface area contributed by atoms with Gasteiger partial charge in [0.05, 0.1) is 0 Å². The number of nitrogens with two attached hydrogens (primary N) is 3. The number of Topliss-reactive ketones (excluding diaryl/α,β-unsaturated/α-hetero) is 2. The van der Waals surface area contributed by atoms with Crippen LogP contribution in [0.3, 0.4) is 0 Å². The van der Waals surface area contributed by atoms with Crippen molar-refractivity contribution in [1.82, 2.24) is 15.0 Å². The highest BCUT2D eigenvalue weighted by atomic mass is 32.1. The molecule has 2 saturated heterocycles. The third-order valence-corrected chi connectivity index (χ3v) is 7.70. The molecule has 2 fully saturated rings. The molecule has 0 radical (unpaired) electrons. The minimum absolute atomic E-state index is 0.00990. The lowest BCUT2D eigenvalue weighted by Crippen LogP contribution is -2.66. The van der Waals surface area contributed by atoms with Gasteiger partial charge in [-0.2, -0.15) is 0 Å². The predicted molar refractivity (Wildman–Crippen MR) is 138 cm³/mol. The molecule has 11 heteroatoms. The highest BCUT2D eigenvalue weighted by Crippen LogP contribution is 2.33. The zero-order valence-electron chi connectivity index (χ0n) is 20.2. The number of thiazole rings is 1. The molecule has 2 aromatic rings. The van der Waals surface area contributed by atoms with Crippen molar-refractivity contribution in [2.45, 2.75) is 50.1 Å². The molecule has 192 valence electrons. The summed E-state index contributed by atoms with van der Waals surface area (Å²) in [6.45, 7) is 1.59. The van der Waals surface area contributed by atoms with E-state index in [4.69, 9.17) is 17.2 Å². The zero-order valence-corrected chi connectivity index (χ0v) is 21.0. The van der Waals surface area contributed by atoms with Gasteiger partial charge in [0, 0.05) is 43.5 Å². The summed E-state index contributed by atoms with van der Waals surface area (Å²) in [7, 11) is 0. The number of ketones is 2. The number of carbonyl (C=O) groups is 3. The van der Waals surface area contributed by atoms with Gasteiger partial charge >= 0.3 is 0 Å². The molecule has 36 heavy (non-hydrogen) atoms. The lowest BCUT2D eigenvalue weighted by molar-refractivity contribution is -0.165. The van der Waals surface area contributed by atoms with Gasteiger partial charge in [-0.05, 0) is 37.7 Å². The molecule has 4 rings (SSSR count). The minimum atomic E-state index is -1.07. The number of benzene rings is 1. The van der Waals surface area contributed by atoms with E-state index in [1.807, 2.05) is 35.3 Å². The van der Waals surface area contributed by atoms with E-state index >= 15 is 0 Å². The van der Waals surface area contributed by atoms with Crippen LogP contribution in [0.4, 0.5) is 0 Å². The summed E-state index contributed by atoms with van der Waals surface area (Å²) >= 11 is 1.25. The van der Waals surface area contributed by atoms with Gasteiger partial charge < -0.3 is 17.2 Å². The van der Waals surface area contributed by atoms with Gasteiger partial charge in [-0.3, -0.25) is 24.4 Å². The number of hydrogen-bond donors (Lipinski definition) is 3. The number of guanidine groups is 1. The third-order valence-electron chi connectivity index (χ3n) is 6.91. The van der Waals surface area contributed by atoms with Crippen molar-refractivity contribution in [3.8, 4) is 0 Å². The molecule has 1 aromatic carbocycles. The van der Waals surface area contributed by atoms with Crippen LogP contribution in [0.15, 0.2) is 46.9 Å². The van der Waals surface area contributed by atoms with Crippen molar-refractivity contribution in [1.29, 1.82) is 0 Å². The quantitative estimate of drug-likeness (QED) is 0.175. The van der Waals surface area contributed by atoms with Gasteiger partial charge in [-0.1, -0.05) is 30.3 Å². The van der Waals surface area contributed by atoms with Crippen LogP contribution in [0.25, 0.3) is 0 Å². The first-order valence-corrected chi connectivity index (χ1v) is 13.1. The van der Waals surface area contributed by atoms with Crippen LogP contribution in [-0.4, -0.2) is 69.7 Å². The second kappa shape index (κ2) is 11.3. The van der Waals surface area contributed by atoms with Crippen molar-refractivity contribution in [3.05, 3.63) is 52.5 Å². The Balaban J connectivity index is 1.47. The summed E-state index contributed by atoms with van der Waals surface area (Å²) in [5.41, 5.74) is 17.4. The molecule has 1 unspecified atom stereocenters. The molecular formula is C25H33N7O3S. The third kappa shape index (κ3) is 5.80. The van der Waals surface area contributed by atoms with Crippen molar-refractivity contribution in [3.63, 3.8) is 0 Å². The van der Waals surface area contributed by atoms with E-state index in [1.54, 1.807) is 16.6 Å². The van der Waals surface area contributed by atoms with E-state index in [2.05, 4.69) is 9.98 Å². The van der Waals surface area contributed by atoms with Crippen LogP contribution in [-0.2, 0) is 16.0 Å². The number of aromatic nitrogens is 1. The van der Waals surface area contributed by atoms with E-state index in [0.29, 0.717) is 56.7 Å². The van der Waals surface area contributed by atoms with Crippen LogP contribution in [0.2, 0.25) is 0 Å². The molecule has 1 aromatic heterocycles. The van der Waals surface area contributed by atoms with E-state index in [-0.39, 0.29) is 29.9 Å². The number of rotatable bonds is 11. The van der Waals surface area contributed by atoms with Crippen LogP contribution in [0.1, 0.15) is 47.5 Å². The summed E-state index contributed by atoms with van der Waals surface area (Å²) < 4.78 is 0. The predicted octanol–water partition coefficient (Wildman–Crippen LogP) is 1.12. The van der Waals surface area contributed by atoms with Crippen LogP contribution >= 0.6 is 11.3 Å². The SMILES string of the molecule is NC(N)=NCCCC(CC(=O)[C@@H]1CCN2CC[C@@](N)(Cc3ccccc3)C(=O)N12)C(=O)c1nccs1. The van der Waals surface area contributed by atoms with E-state index < -0.39 is 17.5 Å². The standard InChI is InChI=1S/C25H33N7O3S/c26-24(27)30-10-4-7-18(21(34)22-29-11-14-36-22)15-20(33)19-8-12-31-13-9-25(28,23(35)32(19)31)16-17-5-2-1-3-6-17/h1-3,5-6,11,14,18-19H,4,7-10,12-13,15-16,28H2,(H4,26,27,30)/t18?,19-,25+/m0/s1. The van der Waals surface area contributed by atoms with Crippen LogP contribution in [0, 0.1) is 5.92 Å². The first kappa shape index (κ1) is 25.9. The Labute approximate surface area is 214 Å². The summed E-state index contributed by atoms with van der Waals surface area (Å²) in [5.74, 6) is -1.10. The average molecular weight is 512 g/mol. The molecule has 3 atom stereocenters. The maximum Gasteiger partial charge on any atom is 0.258 e. The number of nitrogens with zero attached hydrogens (tertiary/aromatic N) is 4. The largest absolute Gasteiger partial charge is 0.370 e. The summed E-state index contributed by atoms with van der Waals surface area (Å²) in [6, 6.07) is 9.06. The maximum absolute atomic E-state index is 13.6. The second-order valence-corrected chi connectivity index (χ2v) is 10.4. The van der Waals surface area contributed by atoms with Crippen molar-refractivity contribution in [2.75, 3.05) is 19.6 Å². The summed E-state index contributed by atoms with van der Waals surface area (Å²) in [6.07, 6.45) is 4.05. The maximum atomic E-state index is 13.6. The number of hydrazine groups is 1. The molecule has 0 aliphatic carbocycles. The van der Waals surface area contributed by atoms with Crippen LogP contribution < -0.4 is 17.2 Å². The molecule has 2 aliphatic rings.